The summed E-state index contributed by atoms with van der Waals surface area (Å²) in [5.41, 5.74) is 10.2. The summed E-state index contributed by atoms with van der Waals surface area (Å²) in [4.78, 5) is 11.8. The van der Waals surface area contributed by atoms with Crippen LogP contribution in [0.15, 0.2) is 35.4 Å². The molecule has 10 heteroatoms. The van der Waals surface area contributed by atoms with Crippen LogP contribution in [0.5, 0.6) is 0 Å². The zero-order chi connectivity index (χ0) is 17.8. The number of carbonyl (C=O) groups is 1. The molecule has 1 amide bonds. The van der Waals surface area contributed by atoms with E-state index in [1.54, 1.807) is 4.68 Å². The Morgan fingerprint density at radius 2 is 2.16 bits per heavy atom. The van der Waals surface area contributed by atoms with E-state index >= 15 is 0 Å². The van der Waals surface area contributed by atoms with Gasteiger partial charge in [0.05, 0.1) is 29.6 Å². The molecule has 3 N–H and O–H groups in total. The number of benzene rings is 1. The Morgan fingerprint density at radius 1 is 1.40 bits per heavy atom. The molecule has 25 heavy (non-hydrogen) atoms. The van der Waals surface area contributed by atoms with Crippen LogP contribution in [0.25, 0.3) is 5.69 Å². The SMILES string of the molecule is Cc1c(C=NNC(=O)Cc2nnc(N)s2)c(Cl)nn1-c1ccccc1. The number of hydrogen-bond donors (Lipinski definition) is 2. The molecule has 0 aliphatic carbocycles. The third-order valence-corrected chi connectivity index (χ3v) is 4.33. The first-order chi connectivity index (χ1) is 12.0. The Balaban J connectivity index is 1.69. The van der Waals surface area contributed by atoms with Crippen molar-refractivity contribution in [3.8, 4) is 5.69 Å². The van der Waals surface area contributed by atoms with Gasteiger partial charge >= 0.3 is 0 Å². The Bertz CT molecular complexity index is 919. The van der Waals surface area contributed by atoms with Gasteiger partial charge in [-0.2, -0.15) is 10.2 Å². The van der Waals surface area contributed by atoms with E-state index < -0.39 is 0 Å². The number of hydrazone groups is 1. The summed E-state index contributed by atoms with van der Waals surface area (Å²) in [6.07, 6.45) is 1.53. The minimum Gasteiger partial charge on any atom is -0.374 e. The number of nitrogens with two attached hydrogens (primary N) is 1. The molecule has 2 aromatic heterocycles. The lowest BCUT2D eigenvalue weighted by molar-refractivity contribution is -0.120. The fourth-order valence-corrected chi connectivity index (χ4v) is 3.00. The van der Waals surface area contributed by atoms with Crippen molar-refractivity contribution in [1.29, 1.82) is 0 Å². The van der Waals surface area contributed by atoms with Crippen LogP contribution in [0.4, 0.5) is 5.13 Å². The quantitative estimate of drug-likeness (QED) is 0.523. The van der Waals surface area contributed by atoms with Gasteiger partial charge in [-0.1, -0.05) is 41.1 Å². The van der Waals surface area contributed by atoms with E-state index in [1.807, 2.05) is 37.3 Å². The van der Waals surface area contributed by atoms with Crippen molar-refractivity contribution in [3.63, 3.8) is 0 Å². The number of nitrogen functional groups attached to an aromatic ring is 1. The summed E-state index contributed by atoms with van der Waals surface area (Å²) in [6.45, 7) is 1.87. The van der Waals surface area contributed by atoms with Gasteiger partial charge in [0.25, 0.3) is 0 Å². The standard InChI is InChI=1S/C15H14ClN7OS/c1-9-11(14(16)22-23(9)10-5-3-2-4-6-10)8-18-19-12(24)7-13-20-21-15(17)25-13/h2-6,8H,7H2,1H3,(H2,17,21)(H,19,24). The number of anilines is 1. The molecule has 0 radical (unpaired) electrons. The smallest absolute Gasteiger partial charge is 0.247 e. The van der Waals surface area contributed by atoms with Gasteiger partial charge < -0.3 is 5.73 Å². The van der Waals surface area contributed by atoms with Gasteiger partial charge in [-0.15, -0.1) is 10.2 Å². The molecule has 128 valence electrons. The Morgan fingerprint density at radius 3 is 2.84 bits per heavy atom. The first-order valence-corrected chi connectivity index (χ1v) is 8.44. The largest absolute Gasteiger partial charge is 0.374 e. The molecule has 0 saturated carbocycles. The molecule has 1 aromatic carbocycles. The molecular formula is C15H14ClN7OS. The monoisotopic (exact) mass is 375 g/mol. The van der Waals surface area contributed by atoms with Crippen molar-refractivity contribution in [2.24, 2.45) is 5.10 Å². The molecule has 0 aliphatic rings. The van der Waals surface area contributed by atoms with Gasteiger partial charge in [-0.05, 0) is 19.1 Å². The Hall–Kier alpha value is -2.78. The Kier molecular flexibility index (Phi) is 5.05. The van der Waals surface area contributed by atoms with Gasteiger partial charge in [0, 0.05) is 0 Å². The van der Waals surface area contributed by atoms with Crippen LogP contribution in [0, 0.1) is 6.92 Å². The molecule has 0 spiro atoms. The van der Waals surface area contributed by atoms with Crippen LogP contribution in [-0.2, 0) is 11.2 Å². The highest BCUT2D eigenvalue weighted by atomic mass is 35.5. The van der Waals surface area contributed by atoms with Crippen molar-refractivity contribution < 1.29 is 4.79 Å². The number of aromatic nitrogens is 4. The van der Waals surface area contributed by atoms with Crippen LogP contribution >= 0.6 is 22.9 Å². The molecule has 0 atom stereocenters. The third kappa shape index (κ3) is 4.01. The van der Waals surface area contributed by atoms with Crippen LogP contribution in [0.2, 0.25) is 5.15 Å². The van der Waals surface area contributed by atoms with E-state index in [-0.39, 0.29) is 12.3 Å². The summed E-state index contributed by atoms with van der Waals surface area (Å²) in [7, 11) is 0. The summed E-state index contributed by atoms with van der Waals surface area (Å²) in [5, 5.41) is 16.8. The highest BCUT2D eigenvalue weighted by molar-refractivity contribution is 7.15. The molecule has 0 bridgehead atoms. The fraction of sp³-hybridized carbons (Fsp3) is 0.133. The molecular weight excluding hydrogens is 362 g/mol. The Labute approximate surface area is 152 Å². The third-order valence-electron chi connectivity index (χ3n) is 3.30. The number of nitrogens with zero attached hydrogens (tertiary/aromatic N) is 5. The van der Waals surface area contributed by atoms with E-state index in [2.05, 4.69) is 25.8 Å². The van der Waals surface area contributed by atoms with Crippen molar-refractivity contribution in [2.75, 3.05) is 5.73 Å². The minimum atomic E-state index is -0.323. The molecule has 0 fully saturated rings. The molecule has 0 aliphatic heterocycles. The lowest BCUT2D eigenvalue weighted by Crippen LogP contribution is -2.19. The minimum absolute atomic E-state index is 0.0577. The van der Waals surface area contributed by atoms with Gasteiger partial charge in [0.2, 0.25) is 11.0 Å². The first kappa shape index (κ1) is 17.1. The molecule has 3 rings (SSSR count). The lowest BCUT2D eigenvalue weighted by Gasteiger charge is -2.03. The van der Waals surface area contributed by atoms with Crippen LogP contribution in [-0.4, -0.2) is 32.1 Å². The molecule has 3 aromatic rings. The summed E-state index contributed by atoms with van der Waals surface area (Å²) in [5.74, 6) is -0.323. The zero-order valence-electron chi connectivity index (χ0n) is 13.2. The number of hydrogen-bond acceptors (Lipinski definition) is 7. The van der Waals surface area contributed by atoms with Crippen LogP contribution in [0.1, 0.15) is 16.3 Å². The molecule has 2 heterocycles. The zero-order valence-corrected chi connectivity index (χ0v) is 14.8. The van der Waals surface area contributed by atoms with Gasteiger partial charge in [-0.25, -0.2) is 10.1 Å². The highest BCUT2D eigenvalue weighted by Gasteiger charge is 2.13. The predicted octanol–water partition coefficient (Wildman–Crippen LogP) is 1.96. The van der Waals surface area contributed by atoms with E-state index in [1.165, 1.54) is 6.21 Å². The summed E-state index contributed by atoms with van der Waals surface area (Å²) >= 11 is 7.34. The van der Waals surface area contributed by atoms with Crippen molar-refractivity contribution in [1.82, 2.24) is 25.4 Å². The highest BCUT2D eigenvalue weighted by Crippen LogP contribution is 2.20. The number of rotatable bonds is 5. The second-order valence-corrected chi connectivity index (χ2v) is 6.49. The number of para-hydroxylation sites is 1. The maximum Gasteiger partial charge on any atom is 0.247 e. The van der Waals surface area contributed by atoms with Crippen LogP contribution in [0.3, 0.4) is 0 Å². The summed E-state index contributed by atoms with van der Waals surface area (Å²) in [6, 6.07) is 9.60. The van der Waals surface area contributed by atoms with E-state index in [0.29, 0.717) is 20.9 Å². The maximum absolute atomic E-state index is 11.8. The predicted molar refractivity (Wildman–Crippen MR) is 97.1 cm³/mol. The van der Waals surface area contributed by atoms with Crippen molar-refractivity contribution >= 4 is 40.2 Å². The lowest BCUT2D eigenvalue weighted by atomic mass is 10.2. The second-order valence-electron chi connectivity index (χ2n) is 5.04. The molecule has 0 unspecified atom stereocenters. The van der Waals surface area contributed by atoms with E-state index in [0.717, 1.165) is 22.7 Å². The molecule has 8 nitrogen and oxygen atoms in total. The van der Waals surface area contributed by atoms with Gasteiger partial charge in [0.15, 0.2) is 5.15 Å². The number of carbonyl (C=O) groups excluding carboxylic acids is 1. The second kappa shape index (κ2) is 7.41. The number of nitrogens with one attached hydrogen (secondary N) is 1. The maximum atomic E-state index is 11.8. The van der Waals surface area contributed by atoms with Crippen molar-refractivity contribution in [2.45, 2.75) is 13.3 Å². The number of amides is 1. The van der Waals surface area contributed by atoms with E-state index in [9.17, 15) is 4.79 Å². The van der Waals surface area contributed by atoms with E-state index in [4.69, 9.17) is 17.3 Å². The first-order valence-electron chi connectivity index (χ1n) is 7.25. The topological polar surface area (TPSA) is 111 Å². The van der Waals surface area contributed by atoms with Gasteiger partial charge in [0.1, 0.15) is 5.01 Å². The average molecular weight is 376 g/mol. The summed E-state index contributed by atoms with van der Waals surface area (Å²) < 4.78 is 1.72. The average Bonchev–Trinajstić information content (AvgIpc) is 3.13. The normalized spacial score (nSPS) is 11.1. The molecule has 0 saturated heterocycles. The number of halogens is 1. The fourth-order valence-electron chi connectivity index (χ4n) is 2.13. The van der Waals surface area contributed by atoms with Gasteiger partial charge in [-0.3, -0.25) is 4.79 Å². The van der Waals surface area contributed by atoms with Crippen molar-refractivity contribution in [3.05, 3.63) is 51.7 Å². The van der Waals surface area contributed by atoms with Crippen LogP contribution < -0.4 is 11.2 Å².